The van der Waals surface area contributed by atoms with Gasteiger partial charge in [-0.1, -0.05) is 20.8 Å². The van der Waals surface area contributed by atoms with Crippen molar-refractivity contribution in [1.29, 1.82) is 0 Å². The van der Waals surface area contributed by atoms with Crippen molar-refractivity contribution in [3.63, 3.8) is 0 Å². The van der Waals surface area contributed by atoms with Gasteiger partial charge in [0, 0.05) is 38.5 Å². The molecule has 1 unspecified atom stereocenters. The molecule has 2 atom stereocenters. The minimum Gasteiger partial charge on any atom is -0.341 e. The summed E-state index contributed by atoms with van der Waals surface area (Å²) in [7, 11) is 2.52. The highest BCUT2D eigenvalue weighted by molar-refractivity contribution is 7.27. The molecule has 0 spiro atoms. The lowest BCUT2D eigenvalue weighted by Crippen LogP contribution is -2.21. The van der Waals surface area contributed by atoms with Gasteiger partial charge in [-0.2, -0.15) is 18.3 Å². The van der Waals surface area contributed by atoms with Crippen LogP contribution in [0.25, 0.3) is 16.8 Å². The molecular formula is C28H16ClF5N5O2P. The van der Waals surface area contributed by atoms with Crippen molar-refractivity contribution in [2.24, 2.45) is 0 Å². The molecule has 2 amide bonds. The third kappa shape index (κ3) is 4.86. The fourth-order valence-electron chi connectivity index (χ4n) is 4.89. The molecule has 1 aliphatic rings. The van der Waals surface area contributed by atoms with Crippen LogP contribution in [0.5, 0.6) is 0 Å². The molecule has 5 aromatic rings. The molecule has 212 valence electrons. The molecule has 3 aromatic carbocycles. The summed E-state index contributed by atoms with van der Waals surface area (Å²) in [4.78, 5) is 30.6. The summed E-state index contributed by atoms with van der Waals surface area (Å²) in [5.74, 6) is -3.53. The second-order valence-electron chi connectivity index (χ2n) is 9.40. The SMILES string of the molecule is O=C(Nc1cc(-c2ccc3ncnn3c2P)cc2c1[C@@H](c1cc(F)ccc1Cl)NC2=O)c1cc(F)cc(C(F)(F)F)c1. The van der Waals surface area contributed by atoms with Crippen LogP contribution in [0.2, 0.25) is 5.02 Å². The Morgan fingerprint density at radius 2 is 1.79 bits per heavy atom. The molecule has 3 heterocycles. The zero-order valence-corrected chi connectivity index (χ0v) is 22.8. The lowest BCUT2D eigenvalue weighted by molar-refractivity contribution is -0.137. The second-order valence-corrected chi connectivity index (χ2v) is 10.4. The van der Waals surface area contributed by atoms with E-state index >= 15 is 0 Å². The molecule has 0 aliphatic carbocycles. The molecule has 14 heteroatoms. The number of carbonyl (C=O) groups is 2. The van der Waals surface area contributed by atoms with E-state index in [2.05, 4.69) is 30.0 Å². The number of alkyl halides is 3. The predicted octanol–water partition coefficient (Wildman–Crippen LogP) is 5.93. The lowest BCUT2D eigenvalue weighted by atomic mass is 9.93. The molecule has 1 aliphatic heterocycles. The number of carbonyl (C=O) groups excluding carboxylic acids is 2. The Labute approximate surface area is 240 Å². The van der Waals surface area contributed by atoms with E-state index in [9.17, 15) is 31.5 Å². The van der Waals surface area contributed by atoms with Gasteiger partial charge in [0.25, 0.3) is 11.8 Å². The van der Waals surface area contributed by atoms with Crippen LogP contribution in [0.1, 0.15) is 43.4 Å². The number of amides is 2. The van der Waals surface area contributed by atoms with Gasteiger partial charge in [0.05, 0.1) is 17.0 Å². The number of hydrogen-bond acceptors (Lipinski definition) is 4. The Bertz CT molecular complexity index is 1940. The summed E-state index contributed by atoms with van der Waals surface area (Å²) in [5, 5.41) is 9.56. The third-order valence-corrected chi connectivity index (χ3v) is 7.68. The normalized spacial score (nSPS) is 14.6. The average Bonchev–Trinajstić information content (AvgIpc) is 3.55. The van der Waals surface area contributed by atoms with Gasteiger partial charge in [-0.15, -0.1) is 0 Å². The van der Waals surface area contributed by atoms with Crippen LogP contribution in [0, 0.1) is 11.6 Å². The van der Waals surface area contributed by atoms with Crippen LogP contribution in [-0.4, -0.2) is 26.4 Å². The number of pyridine rings is 1. The fraction of sp³-hybridized carbons (Fsp3) is 0.0714. The molecule has 0 bridgehead atoms. The van der Waals surface area contributed by atoms with Crippen LogP contribution in [0.15, 0.2) is 67.0 Å². The number of nitrogens with one attached hydrogen (secondary N) is 2. The molecule has 2 N–H and O–H groups in total. The van der Waals surface area contributed by atoms with Crippen molar-refractivity contribution in [2.75, 3.05) is 5.32 Å². The van der Waals surface area contributed by atoms with Crippen molar-refractivity contribution >= 4 is 49.4 Å². The predicted molar refractivity (Wildman–Crippen MR) is 148 cm³/mol. The minimum absolute atomic E-state index is 0.0112. The van der Waals surface area contributed by atoms with Crippen LogP contribution in [0.4, 0.5) is 27.6 Å². The van der Waals surface area contributed by atoms with Crippen molar-refractivity contribution in [3.8, 4) is 11.1 Å². The number of nitrogens with zero attached hydrogens (tertiary/aromatic N) is 3. The Morgan fingerprint density at radius 1 is 1.00 bits per heavy atom. The van der Waals surface area contributed by atoms with E-state index in [1.807, 2.05) is 0 Å². The number of aromatic nitrogens is 3. The van der Waals surface area contributed by atoms with Gasteiger partial charge in [0.15, 0.2) is 5.65 Å². The zero-order chi connectivity index (χ0) is 29.9. The van der Waals surface area contributed by atoms with Crippen molar-refractivity contribution < 1.29 is 31.5 Å². The summed E-state index contributed by atoms with van der Waals surface area (Å²) >= 11 is 6.34. The highest BCUT2D eigenvalue weighted by Crippen LogP contribution is 2.42. The maximum atomic E-state index is 14.2. The monoisotopic (exact) mass is 615 g/mol. The van der Waals surface area contributed by atoms with Gasteiger partial charge in [0.1, 0.15) is 18.0 Å². The van der Waals surface area contributed by atoms with Crippen LogP contribution in [-0.2, 0) is 6.18 Å². The molecule has 7 nitrogen and oxygen atoms in total. The van der Waals surface area contributed by atoms with Gasteiger partial charge < -0.3 is 10.6 Å². The first kappa shape index (κ1) is 27.7. The molecule has 0 saturated carbocycles. The standard InChI is InChI=1S/C28H16ClF5N5O2P/c29-20-3-1-15(30)10-18(20)24-23-19(26(41)38-24)7-12(17-2-4-22-35-11-36-39(22)27(17)42)8-21(23)37-25(40)13-5-14(28(32,33)34)9-16(31)6-13/h1-11,24H,42H2,(H,37,40)(H,38,41)/t24-/m1/s1. The first-order valence-electron chi connectivity index (χ1n) is 12.1. The maximum Gasteiger partial charge on any atom is 0.416 e. The smallest absolute Gasteiger partial charge is 0.341 e. The first-order chi connectivity index (χ1) is 19.9. The minimum atomic E-state index is -4.90. The summed E-state index contributed by atoms with van der Waals surface area (Å²) < 4.78 is 69.9. The molecule has 6 rings (SSSR count). The van der Waals surface area contributed by atoms with Gasteiger partial charge >= 0.3 is 6.18 Å². The van der Waals surface area contributed by atoms with E-state index in [4.69, 9.17) is 11.6 Å². The molecular weight excluding hydrogens is 600 g/mol. The first-order valence-corrected chi connectivity index (χ1v) is 13.1. The van der Waals surface area contributed by atoms with Gasteiger partial charge in [0.2, 0.25) is 0 Å². The van der Waals surface area contributed by atoms with Crippen molar-refractivity contribution in [1.82, 2.24) is 19.9 Å². The van der Waals surface area contributed by atoms with Gasteiger partial charge in [-0.25, -0.2) is 18.3 Å². The van der Waals surface area contributed by atoms with Crippen molar-refractivity contribution in [2.45, 2.75) is 12.2 Å². The average molecular weight is 616 g/mol. The van der Waals surface area contributed by atoms with E-state index in [-0.39, 0.29) is 33.5 Å². The Balaban J connectivity index is 1.53. The van der Waals surface area contributed by atoms with E-state index in [0.29, 0.717) is 34.3 Å². The summed E-state index contributed by atoms with van der Waals surface area (Å²) in [5.41, 5.74) is 0.662. The summed E-state index contributed by atoms with van der Waals surface area (Å²) in [6.07, 6.45) is -3.54. The quantitative estimate of drug-likeness (QED) is 0.194. The second kappa shape index (κ2) is 10.1. The highest BCUT2D eigenvalue weighted by Gasteiger charge is 2.36. The van der Waals surface area contributed by atoms with E-state index in [1.54, 1.807) is 18.2 Å². The Hall–Kier alpha value is -4.41. The highest BCUT2D eigenvalue weighted by atomic mass is 35.5. The number of halogens is 6. The van der Waals surface area contributed by atoms with E-state index < -0.39 is 46.8 Å². The molecule has 2 aromatic heterocycles. The molecule has 42 heavy (non-hydrogen) atoms. The van der Waals surface area contributed by atoms with E-state index in [0.717, 1.165) is 12.1 Å². The lowest BCUT2D eigenvalue weighted by Gasteiger charge is -2.19. The third-order valence-electron chi connectivity index (χ3n) is 6.78. The van der Waals surface area contributed by atoms with E-state index in [1.165, 1.54) is 23.0 Å². The Morgan fingerprint density at radius 3 is 2.55 bits per heavy atom. The number of benzene rings is 3. The number of anilines is 1. The molecule has 0 radical (unpaired) electrons. The van der Waals surface area contributed by atoms with Gasteiger partial charge in [-0.05, 0) is 66.2 Å². The van der Waals surface area contributed by atoms with Crippen molar-refractivity contribution in [3.05, 3.63) is 111 Å². The summed E-state index contributed by atoms with van der Waals surface area (Å²) in [6.45, 7) is 0. The molecule has 0 saturated heterocycles. The fourth-order valence-corrected chi connectivity index (χ4v) is 5.58. The van der Waals surface area contributed by atoms with Crippen LogP contribution < -0.4 is 16.1 Å². The maximum absolute atomic E-state index is 14.2. The zero-order valence-electron chi connectivity index (χ0n) is 20.9. The van der Waals surface area contributed by atoms with Gasteiger partial charge in [-0.3, -0.25) is 9.59 Å². The number of hydrogen-bond donors (Lipinski definition) is 2. The topological polar surface area (TPSA) is 88.4 Å². The largest absolute Gasteiger partial charge is 0.416 e. The van der Waals surface area contributed by atoms with Crippen LogP contribution in [0.3, 0.4) is 0 Å². The van der Waals surface area contributed by atoms with Crippen LogP contribution >= 0.6 is 20.8 Å². The Kier molecular flexibility index (Phi) is 6.70. The number of fused-ring (bicyclic) bond motifs is 2. The summed E-state index contributed by atoms with van der Waals surface area (Å²) in [6, 6.07) is 10.5. The molecule has 0 fully saturated rings. The number of rotatable bonds is 4.